The normalized spacial score (nSPS) is 28.8. The minimum Gasteiger partial charge on any atom is -0.381 e. The second kappa shape index (κ2) is 4.21. The molecule has 0 N–H and O–H groups in total. The van der Waals surface area contributed by atoms with E-state index in [4.69, 9.17) is 9.47 Å². The Morgan fingerprint density at radius 1 is 1.80 bits per heavy atom. The molecule has 2 unspecified atom stereocenters. The molecule has 0 aromatic heterocycles. The van der Waals surface area contributed by atoms with Gasteiger partial charge in [-0.1, -0.05) is 0 Å². The highest BCUT2D eigenvalue weighted by molar-refractivity contribution is 7.80. The van der Waals surface area contributed by atoms with Crippen molar-refractivity contribution in [2.45, 2.75) is 18.8 Å². The molecule has 60 valence electrons. The molecule has 1 aliphatic rings. The maximum atomic E-state index is 5.31. The molecule has 1 heterocycles. The molecular formula is C7H14O2S. The Morgan fingerprint density at radius 2 is 2.60 bits per heavy atom. The van der Waals surface area contributed by atoms with Crippen LogP contribution in [0.1, 0.15) is 13.3 Å². The summed E-state index contributed by atoms with van der Waals surface area (Å²) < 4.78 is 10.5. The average molecular weight is 162 g/mol. The lowest BCUT2D eigenvalue weighted by Crippen LogP contribution is -2.12. The summed E-state index contributed by atoms with van der Waals surface area (Å²) in [5.41, 5.74) is 0.0561. The topological polar surface area (TPSA) is 18.5 Å². The number of hydrogen-bond donors (Lipinski definition) is 1. The van der Waals surface area contributed by atoms with Crippen molar-refractivity contribution >= 4 is 12.6 Å². The van der Waals surface area contributed by atoms with Crippen LogP contribution in [-0.4, -0.2) is 25.3 Å². The van der Waals surface area contributed by atoms with Gasteiger partial charge in [-0.05, 0) is 13.3 Å². The lowest BCUT2D eigenvalue weighted by molar-refractivity contribution is 0.0828. The van der Waals surface area contributed by atoms with Gasteiger partial charge in [0.2, 0.25) is 0 Å². The molecule has 0 aromatic rings. The van der Waals surface area contributed by atoms with Crippen molar-refractivity contribution < 1.29 is 9.47 Å². The zero-order valence-electron chi connectivity index (χ0n) is 6.25. The fourth-order valence-electron chi connectivity index (χ4n) is 0.990. The predicted molar refractivity (Wildman–Crippen MR) is 43.3 cm³/mol. The van der Waals surface area contributed by atoms with Gasteiger partial charge in [-0.3, -0.25) is 0 Å². The van der Waals surface area contributed by atoms with Crippen molar-refractivity contribution in [3.8, 4) is 0 Å². The summed E-state index contributed by atoms with van der Waals surface area (Å²) in [7, 11) is 0. The molecule has 3 heteroatoms. The van der Waals surface area contributed by atoms with E-state index in [1.807, 2.05) is 6.92 Å². The Hall–Kier alpha value is 0.270. The summed E-state index contributed by atoms with van der Waals surface area (Å²) in [4.78, 5) is 0. The van der Waals surface area contributed by atoms with Crippen LogP contribution in [0.25, 0.3) is 0 Å². The third kappa shape index (κ3) is 2.90. The van der Waals surface area contributed by atoms with E-state index in [2.05, 4.69) is 12.6 Å². The fourth-order valence-corrected chi connectivity index (χ4v) is 1.08. The minimum atomic E-state index is 0.0561. The van der Waals surface area contributed by atoms with Crippen molar-refractivity contribution in [2.24, 2.45) is 5.92 Å². The van der Waals surface area contributed by atoms with E-state index in [1.165, 1.54) is 0 Å². The van der Waals surface area contributed by atoms with E-state index in [0.29, 0.717) is 5.92 Å². The van der Waals surface area contributed by atoms with E-state index in [-0.39, 0.29) is 5.44 Å². The van der Waals surface area contributed by atoms with E-state index in [1.54, 1.807) is 0 Å². The first-order valence-corrected chi connectivity index (χ1v) is 4.18. The SMILES string of the molecule is CC(S)OCC1CCOC1. The lowest BCUT2D eigenvalue weighted by Gasteiger charge is -2.10. The van der Waals surface area contributed by atoms with Crippen LogP contribution < -0.4 is 0 Å². The largest absolute Gasteiger partial charge is 0.381 e. The van der Waals surface area contributed by atoms with E-state index in [9.17, 15) is 0 Å². The molecule has 2 atom stereocenters. The highest BCUT2D eigenvalue weighted by Gasteiger charge is 2.15. The van der Waals surface area contributed by atoms with Crippen molar-refractivity contribution in [3.05, 3.63) is 0 Å². The first kappa shape index (κ1) is 8.37. The second-order valence-electron chi connectivity index (χ2n) is 2.66. The molecule has 1 rings (SSSR count). The Kier molecular flexibility index (Phi) is 3.52. The van der Waals surface area contributed by atoms with Gasteiger partial charge in [0.25, 0.3) is 0 Å². The molecule has 0 aliphatic carbocycles. The number of rotatable bonds is 3. The molecule has 0 spiro atoms. The van der Waals surface area contributed by atoms with Gasteiger partial charge in [-0.15, -0.1) is 12.6 Å². The maximum absolute atomic E-state index is 5.31. The Bertz CT molecular complexity index is 89.6. The zero-order valence-corrected chi connectivity index (χ0v) is 7.14. The Labute approximate surface area is 67.3 Å². The van der Waals surface area contributed by atoms with E-state index >= 15 is 0 Å². The Morgan fingerprint density at radius 3 is 3.10 bits per heavy atom. The van der Waals surface area contributed by atoms with Crippen LogP contribution in [0.3, 0.4) is 0 Å². The Balaban J connectivity index is 2.01. The standard InChI is InChI=1S/C7H14O2S/c1-6(10)9-5-7-2-3-8-4-7/h6-7,10H,2-5H2,1H3. The van der Waals surface area contributed by atoms with Crippen LogP contribution in [0.2, 0.25) is 0 Å². The van der Waals surface area contributed by atoms with Crippen molar-refractivity contribution in [2.75, 3.05) is 19.8 Å². The van der Waals surface area contributed by atoms with Crippen LogP contribution in [0.15, 0.2) is 0 Å². The molecule has 0 bridgehead atoms. The number of hydrogen-bond acceptors (Lipinski definition) is 3. The van der Waals surface area contributed by atoms with Gasteiger partial charge in [-0.2, -0.15) is 0 Å². The van der Waals surface area contributed by atoms with Crippen molar-refractivity contribution in [1.82, 2.24) is 0 Å². The predicted octanol–water partition coefficient (Wildman–Crippen LogP) is 1.32. The zero-order chi connectivity index (χ0) is 7.40. The van der Waals surface area contributed by atoms with Crippen molar-refractivity contribution in [1.29, 1.82) is 0 Å². The molecular weight excluding hydrogens is 148 g/mol. The smallest absolute Gasteiger partial charge is 0.0971 e. The third-order valence-corrected chi connectivity index (χ3v) is 1.75. The number of ether oxygens (including phenoxy) is 2. The molecule has 1 aliphatic heterocycles. The van der Waals surface area contributed by atoms with Crippen LogP contribution >= 0.6 is 12.6 Å². The summed E-state index contributed by atoms with van der Waals surface area (Å²) >= 11 is 4.11. The third-order valence-electron chi connectivity index (χ3n) is 1.60. The van der Waals surface area contributed by atoms with Gasteiger partial charge in [-0.25, -0.2) is 0 Å². The van der Waals surface area contributed by atoms with Crippen LogP contribution in [0, 0.1) is 5.92 Å². The summed E-state index contributed by atoms with van der Waals surface area (Å²) in [6, 6.07) is 0. The van der Waals surface area contributed by atoms with Crippen LogP contribution in [0.4, 0.5) is 0 Å². The monoisotopic (exact) mass is 162 g/mol. The highest BCUT2D eigenvalue weighted by Crippen LogP contribution is 2.13. The molecule has 2 nitrogen and oxygen atoms in total. The van der Waals surface area contributed by atoms with E-state index < -0.39 is 0 Å². The average Bonchev–Trinajstić information content (AvgIpc) is 2.34. The van der Waals surface area contributed by atoms with Crippen LogP contribution in [0.5, 0.6) is 0 Å². The van der Waals surface area contributed by atoms with Gasteiger partial charge < -0.3 is 9.47 Å². The molecule has 0 aromatic carbocycles. The molecule has 0 radical (unpaired) electrons. The second-order valence-corrected chi connectivity index (χ2v) is 3.39. The van der Waals surface area contributed by atoms with E-state index in [0.717, 1.165) is 26.2 Å². The summed E-state index contributed by atoms with van der Waals surface area (Å²) in [6.45, 7) is 4.49. The van der Waals surface area contributed by atoms with Gasteiger partial charge in [0, 0.05) is 12.5 Å². The molecule has 10 heavy (non-hydrogen) atoms. The first-order valence-electron chi connectivity index (χ1n) is 3.66. The number of thiol groups is 1. The quantitative estimate of drug-likeness (QED) is 0.498. The molecule has 1 fully saturated rings. The first-order chi connectivity index (χ1) is 4.79. The molecule has 0 saturated carbocycles. The van der Waals surface area contributed by atoms with Crippen LogP contribution in [-0.2, 0) is 9.47 Å². The lowest BCUT2D eigenvalue weighted by atomic mass is 10.1. The van der Waals surface area contributed by atoms with Crippen molar-refractivity contribution in [3.63, 3.8) is 0 Å². The molecule has 0 amide bonds. The molecule has 1 saturated heterocycles. The summed E-state index contributed by atoms with van der Waals surface area (Å²) in [6.07, 6.45) is 1.14. The van der Waals surface area contributed by atoms with Gasteiger partial charge in [0.15, 0.2) is 0 Å². The minimum absolute atomic E-state index is 0.0561. The van der Waals surface area contributed by atoms with Gasteiger partial charge in [0.05, 0.1) is 18.6 Å². The highest BCUT2D eigenvalue weighted by atomic mass is 32.1. The van der Waals surface area contributed by atoms with Gasteiger partial charge >= 0.3 is 0 Å². The summed E-state index contributed by atoms with van der Waals surface area (Å²) in [5, 5.41) is 0. The summed E-state index contributed by atoms with van der Waals surface area (Å²) in [5.74, 6) is 0.606. The maximum Gasteiger partial charge on any atom is 0.0971 e. The fraction of sp³-hybridized carbons (Fsp3) is 1.00. The van der Waals surface area contributed by atoms with Gasteiger partial charge in [0.1, 0.15) is 0 Å².